The highest BCUT2D eigenvalue weighted by molar-refractivity contribution is 6.30. The van der Waals surface area contributed by atoms with Gasteiger partial charge in [-0.1, -0.05) is 30.7 Å². The van der Waals surface area contributed by atoms with Crippen molar-refractivity contribution in [2.45, 2.75) is 26.3 Å². The number of hydrogen-bond donors (Lipinski definition) is 2. The molecule has 1 unspecified atom stereocenters. The second kappa shape index (κ2) is 7.23. The van der Waals surface area contributed by atoms with Gasteiger partial charge in [-0.2, -0.15) is 0 Å². The molecule has 112 valence electrons. The molecule has 2 N–H and O–H groups in total. The summed E-state index contributed by atoms with van der Waals surface area (Å²) >= 11 is 6.07. The average Bonchev–Trinajstić information content (AvgIpc) is 2.47. The molecule has 0 amide bonds. The Labute approximate surface area is 130 Å². The number of hydrogen-bond acceptors (Lipinski definition) is 3. The van der Waals surface area contributed by atoms with Gasteiger partial charge in [-0.3, -0.25) is 0 Å². The van der Waals surface area contributed by atoms with Gasteiger partial charge >= 0.3 is 0 Å². The first-order chi connectivity index (χ1) is 10.1. The SMILES string of the molecule is CCCOc1ccc(Cl)cc1NC(C)c1ccc(O)cc1. The lowest BCUT2D eigenvalue weighted by atomic mass is 10.1. The van der Waals surface area contributed by atoms with Gasteiger partial charge < -0.3 is 15.2 Å². The van der Waals surface area contributed by atoms with Crippen molar-refractivity contribution in [3.63, 3.8) is 0 Å². The van der Waals surface area contributed by atoms with Gasteiger partial charge in [0, 0.05) is 11.1 Å². The summed E-state index contributed by atoms with van der Waals surface area (Å²) in [6.07, 6.45) is 0.954. The van der Waals surface area contributed by atoms with Crippen molar-refractivity contribution in [2.24, 2.45) is 0 Å². The van der Waals surface area contributed by atoms with Gasteiger partial charge in [-0.25, -0.2) is 0 Å². The topological polar surface area (TPSA) is 41.5 Å². The van der Waals surface area contributed by atoms with Gasteiger partial charge in [0.25, 0.3) is 0 Å². The summed E-state index contributed by atoms with van der Waals surface area (Å²) < 4.78 is 5.74. The molecule has 4 heteroatoms. The van der Waals surface area contributed by atoms with Crippen molar-refractivity contribution in [1.29, 1.82) is 0 Å². The first kappa shape index (κ1) is 15.5. The molecular weight excluding hydrogens is 286 g/mol. The van der Waals surface area contributed by atoms with Crippen LogP contribution in [0.4, 0.5) is 5.69 Å². The molecule has 0 heterocycles. The molecule has 1 atom stereocenters. The Balaban J connectivity index is 2.17. The first-order valence-corrected chi connectivity index (χ1v) is 7.45. The molecule has 0 aromatic heterocycles. The Morgan fingerprint density at radius 1 is 1.19 bits per heavy atom. The number of phenols is 1. The van der Waals surface area contributed by atoms with Crippen molar-refractivity contribution < 1.29 is 9.84 Å². The van der Waals surface area contributed by atoms with E-state index in [1.165, 1.54) is 0 Å². The van der Waals surface area contributed by atoms with E-state index >= 15 is 0 Å². The van der Waals surface area contributed by atoms with Crippen LogP contribution in [0.2, 0.25) is 5.02 Å². The molecule has 2 aromatic carbocycles. The van der Waals surface area contributed by atoms with Gasteiger partial charge in [0.1, 0.15) is 11.5 Å². The van der Waals surface area contributed by atoms with Crippen LogP contribution >= 0.6 is 11.6 Å². The minimum atomic E-state index is 0.0769. The van der Waals surface area contributed by atoms with E-state index in [2.05, 4.69) is 19.2 Å². The predicted octanol–water partition coefficient (Wildman–Crippen LogP) is 5.01. The summed E-state index contributed by atoms with van der Waals surface area (Å²) in [5.41, 5.74) is 1.95. The number of phenolic OH excluding ortho intramolecular Hbond substituents is 1. The van der Waals surface area contributed by atoms with Crippen molar-refractivity contribution >= 4 is 17.3 Å². The van der Waals surface area contributed by atoms with Crippen LogP contribution in [0.3, 0.4) is 0 Å². The quantitative estimate of drug-likeness (QED) is 0.788. The second-order valence-electron chi connectivity index (χ2n) is 4.95. The molecular formula is C17H20ClNO2. The van der Waals surface area contributed by atoms with E-state index in [4.69, 9.17) is 16.3 Å². The summed E-state index contributed by atoms with van der Waals surface area (Å²) in [5.74, 6) is 1.06. The molecule has 2 rings (SSSR count). The number of halogens is 1. The number of benzene rings is 2. The normalized spacial score (nSPS) is 12.0. The van der Waals surface area contributed by atoms with E-state index in [-0.39, 0.29) is 11.8 Å². The zero-order valence-electron chi connectivity index (χ0n) is 12.3. The number of rotatable bonds is 6. The van der Waals surface area contributed by atoms with Crippen LogP contribution in [0.15, 0.2) is 42.5 Å². The summed E-state index contributed by atoms with van der Waals surface area (Å²) in [4.78, 5) is 0. The van der Waals surface area contributed by atoms with Gasteiger partial charge in [0.15, 0.2) is 0 Å². The molecule has 0 aliphatic carbocycles. The minimum Gasteiger partial charge on any atom is -0.508 e. The van der Waals surface area contributed by atoms with Crippen LogP contribution in [-0.4, -0.2) is 11.7 Å². The highest BCUT2D eigenvalue weighted by atomic mass is 35.5. The third-order valence-corrected chi connectivity index (χ3v) is 3.40. The highest BCUT2D eigenvalue weighted by Gasteiger charge is 2.10. The van der Waals surface area contributed by atoms with Crippen LogP contribution in [0.5, 0.6) is 11.5 Å². The lowest BCUT2D eigenvalue weighted by molar-refractivity contribution is 0.318. The molecule has 2 aromatic rings. The number of aromatic hydroxyl groups is 1. The molecule has 0 aliphatic rings. The van der Waals surface area contributed by atoms with Gasteiger partial charge in [0.05, 0.1) is 12.3 Å². The lowest BCUT2D eigenvalue weighted by Gasteiger charge is -2.19. The van der Waals surface area contributed by atoms with Crippen molar-refractivity contribution in [3.05, 3.63) is 53.1 Å². The zero-order valence-corrected chi connectivity index (χ0v) is 13.0. The van der Waals surface area contributed by atoms with Crippen LogP contribution in [0.25, 0.3) is 0 Å². The standard InChI is InChI=1S/C17H20ClNO2/c1-3-10-21-17-9-6-14(18)11-16(17)19-12(2)13-4-7-15(20)8-5-13/h4-9,11-12,19-20H,3,10H2,1-2H3. The van der Waals surface area contributed by atoms with Crippen LogP contribution in [-0.2, 0) is 0 Å². The van der Waals surface area contributed by atoms with Gasteiger partial charge in [-0.15, -0.1) is 0 Å². The maximum Gasteiger partial charge on any atom is 0.142 e. The largest absolute Gasteiger partial charge is 0.508 e. The smallest absolute Gasteiger partial charge is 0.142 e. The molecule has 0 fully saturated rings. The summed E-state index contributed by atoms with van der Waals surface area (Å²) in [7, 11) is 0. The van der Waals surface area contributed by atoms with Gasteiger partial charge in [-0.05, 0) is 49.2 Å². The fourth-order valence-electron chi connectivity index (χ4n) is 2.03. The average molecular weight is 306 g/mol. The zero-order chi connectivity index (χ0) is 15.2. The molecule has 0 radical (unpaired) electrons. The third kappa shape index (κ3) is 4.30. The fraction of sp³-hybridized carbons (Fsp3) is 0.294. The molecule has 0 saturated heterocycles. The summed E-state index contributed by atoms with van der Waals surface area (Å²) in [6, 6.07) is 12.8. The van der Waals surface area contributed by atoms with E-state index in [0.717, 1.165) is 23.4 Å². The number of ether oxygens (including phenoxy) is 1. The van der Waals surface area contributed by atoms with Crippen molar-refractivity contribution in [3.8, 4) is 11.5 Å². The molecule has 3 nitrogen and oxygen atoms in total. The van der Waals surface area contributed by atoms with E-state index in [1.54, 1.807) is 12.1 Å². The Morgan fingerprint density at radius 2 is 1.90 bits per heavy atom. The van der Waals surface area contributed by atoms with E-state index in [0.29, 0.717) is 11.6 Å². The van der Waals surface area contributed by atoms with Crippen molar-refractivity contribution in [1.82, 2.24) is 0 Å². The molecule has 0 aliphatic heterocycles. The second-order valence-corrected chi connectivity index (χ2v) is 5.38. The Hall–Kier alpha value is -1.87. The van der Waals surface area contributed by atoms with E-state index < -0.39 is 0 Å². The third-order valence-electron chi connectivity index (χ3n) is 3.17. The maximum atomic E-state index is 9.35. The summed E-state index contributed by atoms with van der Waals surface area (Å²) in [6.45, 7) is 4.79. The number of nitrogens with one attached hydrogen (secondary N) is 1. The minimum absolute atomic E-state index is 0.0769. The predicted molar refractivity (Wildman–Crippen MR) is 87.4 cm³/mol. The fourth-order valence-corrected chi connectivity index (χ4v) is 2.20. The van der Waals surface area contributed by atoms with Crippen LogP contribution < -0.4 is 10.1 Å². The molecule has 0 spiro atoms. The van der Waals surface area contributed by atoms with Crippen LogP contribution in [0.1, 0.15) is 31.9 Å². The Bertz CT molecular complexity index is 584. The molecule has 0 bridgehead atoms. The molecule has 0 saturated carbocycles. The highest BCUT2D eigenvalue weighted by Crippen LogP contribution is 2.31. The first-order valence-electron chi connectivity index (χ1n) is 7.08. The molecule has 21 heavy (non-hydrogen) atoms. The van der Waals surface area contributed by atoms with Crippen molar-refractivity contribution in [2.75, 3.05) is 11.9 Å². The van der Waals surface area contributed by atoms with Gasteiger partial charge in [0.2, 0.25) is 0 Å². The Morgan fingerprint density at radius 3 is 2.57 bits per heavy atom. The maximum absolute atomic E-state index is 9.35. The van der Waals surface area contributed by atoms with Crippen LogP contribution in [0, 0.1) is 0 Å². The monoisotopic (exact) mass is 305 g/mol. The number of anilines is 1. The van der Waals surface area contributed by atoms with E-state index in [9.17, 15) is 5.11 Å². The summed E-state index contributed by atoms with van der Waals surface area (Å²) in [5, 5.41) is 13.4. The lowest BCUT2D eigenvalue weighted by Crippen LogP contribution is -2.08. The van der Waals surface area contributed by atoms with E-state index in [1.807, 2.05) is 30.3 Å². The Kier molecular flexibility index (Phi) is 5.34.